The van der Waals surface area contributed by atoms with Crippen LogP contribution in [0, 0.1) is 0 Å². The fourth-order valence-electron chi connectivity index (χ4n) is 0.919. The standard InChI is InChI=1S/C12H12O2/c1-2-6-12(13)14-10-9-11-7-4-3-5-8-11/h2-10H,1H3/b6-2+,10-9+. The highest BCUT2D eigenvalue weighted by Crippen LogP contribution is 2.00. The number of rotatable bonds is 3. The third-order valence-corrected chi connectivity index (χ3v) is 1.55. The summed E-state index contributed by atoms with van der Waals surface area (Å²) in [6.45, 7) is 1.77. The summed E-state index contributed by atoms with van der Waals surface area (Å²) in [5.74, 6) is -0.361. The highest BCUT2D eigenvalue weighted by molar-refractivity contribution is 5.82. The predicted octanol–water partition coefficient (Wildman–Crippen LogP) is 2.78. The average molecular weight is 188 g/mol. The summed E-state index contributed by atoms with van der Waals surface area (Å²) < 4.78 is 4.78. The zero-order valence-electron chi connectivity index (χ0n) is 8.01. The molecule has 0 aliphatic rings. The minimum Gasteiger partial charge on any atom is -0.431 e. The van der Waals surface area contributed by atoms with Gasteiger partial charge in [-0.3, -0.25) is 0 Å². The van der Waals surface area contributed by atoms with E-state index < -0.39 is 0 Å². The molecule has 0 N–H and O–H groups in total. The average Bonchev–Trinajstić information content (AvgIpc) is 2.20. The molecule has 0 amide bonds. The van der Waals surface area contributed by atoms with Crippen molar-refractivity contribution in [1.82, 2.24) is 0 Å². The van der Waals surface area contributed by atoms with E-state index in [1.54, 1.807) is 19.1 Å². The van der Waals surface area contributed by atoms with Gasteiger partial charge in [0, 0.05) is 6.08 Å². The van der Waals surface area contributed by atoms with Crippen molar-refractivity contribution in [3.8, 4) is 0 Å². The summed E-state index contributed by atoms with van der Waals surface area (Å²) >= 11 is 0. The largest absolute Gasteiger partial charge is 0.431 e. The SMILES string of the molecule is C/C=C/C(=O)O/C=C/c1ccccc1. The van der Waals surface area contributed by atoms with Gasteiger partial charge in [0.1, 0.15) is 0 Å². The molecule has 1 aromatic rings. The molecule has 72 valence electrons. The number of hydrogen-bond donors (Lipinski definition) is 0. The summed E-state index contributed by atoms with van der Waals surface area (Å²) in [4.78, 5) is 10.9. The molecule has 0 radical (unpaired) electrons. The molecule has 0 saturated heterocycles. The summed E-state index contributed by atoms with van der Waals surface area (Å²) in [6, 6.07) is 9.64. The van der Waals surface area contributed by atoms with E-state index in [4.69, 9.17) is 4.74 Å². The van der Waals surface area contributed by atoms with E-state index in [1.807, 2.05) is 30.3 Å². The van der Waals surface area contributed by atoms with Gasteiger partial charge in [-0.05, 0) is 18.6 Å². The first-order valence-electron chi connectivity index (χ1n) is 4.38. The van der Waals surface area contributed by atoms with E-state index in [1.165, 1.54) is 12.3 Å². The lowest BCUT2D eigenvalue weighted by Gasteiger charge is -1.92. The van der Waals surface area contributed by atoms with Crippen molar-refractivity contribution in [3.63, 3.8) is 0 Å². The second-order valence-electron chi connectivity index (χ2n) is 2.65. The normalized spacial score (nSPS) is 10.9. The Kier molecular flexibility index (Phi) is 4.21. The molecule has 0 spiro atoms. The van der Waals surface area contributed by atoms with Crippen LogP contribution in [0.3, 0.4) is 0 Å². The number of benzene rings is 1. The fourth-order valence-corrected chi connectivity index (χ4v) is 0.919. The van der Waals surface area contributed by atoms with Crippen molar-refractivity contribution >= 4 is 12.0 Å². The van der Waals surface area contributed by atoms with E-state index in [2.05, 4.69) is 0 Å². The zero-order chi connectivity index (χ0) is 10.2. The number of hydrogen-bond acceptors (Lipinski definition) is 2. The number of carbonyl (C=O) groups is 1. The van der Waals surface area contributed by atoms with Crippen LogP contribution in [0.5, 0.6) is 0 Å². The third kappa shape index (κ3) is 3.72. The van der Waals surface area contributed by atoms with Crippen molar-refractivity contribution < 1.29 is 9.53 Å². The molecule has 2 heteroatoms. The smallest absolute Gasteiger partial charge is 0.335 e. The van der Waals surface area contributed by atoms with Crippen LogP contribution in [0.2, 0.25) is 0 Å². The number of esters is 1. The van der Waals surface area contributed by atoms with Gasteiger partial charge in [0.2, 0.25) is 0 Å². The molecule has 0 aliphatic carbocycles. The Hall–Kier alpha value is -1.83. The Labute approximate surface area is 83.5 Å². The van der Waals surface area contributed by atoms with E-state index in [9.17, 15) is 4.79 Å². The summed E-state index contributed by atoms with van der Waals surface area (Å²) in [5, 5.41) is 0. The van der Waals surface area contributed by atoms with Crippen LogP contribution >= 0.6 is 0 Å². The number of ether oxygens (including phenoxy) is 1. The minimum atomic E-state index is -0.361. The molecule has 0 unspecified atom stereocenters. The Morgan fingerprint density at radius 1 is 1.29 bits per heavy atom. The monoisotopic (exact) mass is 188 g/mol. The van der Waals surface area contributed by atoms with Crippen LogP contribution < -0.4 is 0 Å². The molecule has 0 aliphatic heterocycles. The third-order valence-electron chi connectivity index (χ3n) is 1.55. The highest BCUT2D eigenvalue weighted by Gasteiger charge is 1.90. The lowest BCUT2D eigenvalue weighted by Crippen LogP contribution is -1.92. The molecule has 0 aromatic heterocycles. The van der Waals surface area contributed by atoms with Gasteiger partial charge in [0.15, 0.2) is 0 Å². The van der Waals surface area contributed by atoms with Gasteiger partial charge >= 0.3 is 5.97 Å². The molecule has 1 aromatic carbocycles. The van der Waals surface area contributed by atoms with Crippen LogP contribution in [0.4, 0.5) is 0 Å². The summed E-state index contributed by atoms with van der Waals surface area (Å²) in [7, 11) is 0. The van der Waals surface area contributed by atoms with Gasteiger partial charge in [0.25, 0.3) is 0 Å². The van der Waals surface area contributed by atoms with E-state index in [0.29, 0.717) is 0 Å². The summed E-state index contributed by atoms with van der Waals surface area (Å²) in [5.41, 5.74) is 1.00. The fraction of sp³-hybridized carbons (Fsp3) is 0.0833. The first-order valence-corrected chi connectivity index (χ1v) is 4.38. The zero-order valence-corrected chi connectivity index (χ0v) is 8.01. The van der Waals surface area contributed by atoms with E-state index >= 15 is 0 Å². The van der Waals surface area contributed by atoms with E-state index in [0.717, 1.165) is 5.56 Å². The lowest BCUT2D eigenvalue weighted by atomic mass is 10.2. The van der Waals surface area contributed by atoms with Gasteiger partial charge in [-0.2, -0.15) is 0 Å². The maximum atomic E-state index is 10.9. The molecule has 14 heavy (non-hydrogen) atoms. The van der Waals surface area contributed by atoms with Crippen molar-refractivity contribution in [3.05, 3.63) is 54.3 Å². The number of allylic oxidation sites excluding steroid dienone is 1. The molecule has 0 bridgehead atoms. The lowest BCUT2D eigenvalue weighted by molar-refractivity contribution is -0.132. The Balaban J connectivity index is 2.46. The molecular formula is C12H12O2. The van der Waals surface area contributed by atoms with Crippen molar-refractivity contribution in [1.29, 1.82) is 0 Å². The first kappa shape index (κ1) is 10.3. The van der Waals surface area contributed by atoms with Crippen LogP contribution in [0.1, 0.15) is 12.5 Å². The Morgan fingerprint density at radius 2 is 2.00 bits per heavy atom. The van der Waals surface area contributed by atoms with Gasteiger partial charge in [-0.25, -0.2) is 4.79 Å². The second-order valence-corrected chi connectivity index (χ2v) is 2.65. The summed E-state index contributed by atoms with van der Waals surface area (Å²) in [6.07, 6.45) is 6.13. The van der Waals surface area contributed by atoms with Crippen LogP contribution in [0.15, 0.2) is 48.7 Å². The molecule has 0 fully saturated rings. The van der Waals surface area contributed by atoms with E-state index in [-0.39, 0.29) is 5.97 Å². The maximum Gasteiger partial charge on any atom is 0.335 e. The minimum absolute atomic E-state index is 0.361. The Bertz CT molecular complexity index is 337. The molecule has 2 nitrogen and oxygen atoms in total. The number of carbonyl (C=O) groups excluding carboxylic acids is 1. The van der Waals surface area contributed by atoms with Crippen molar-refractivity contribution in [2.75, 3.05) is 0 Å². The topological polar surface area (TPSA) is 26.3 Å². The quantitative estimate of drug-likeness (QED) is 0.414. The Morgan fingerprint density at radius 3 is 2.64 bits per heavy atom. The van der Waals surface area contributed by atoms with Gasteiger partial charge in [-0.1, -0.05) is 36.4 Å². The first-order chi connectivity index (χ1) is 6.83. The molecule has 0 saturated carbocycles. The van der Waals surface area contributed by atoms with Crippen molar-refractivity contribution in [2.45, 2.75) is 6.92 Å². The molecular weight excluding hydrogens is 176 g/mol. The van der Waals surface area contributed by atoms with Gasteiger partial charge < -0.3 is 4.74 Å². The maximum absolute atomic E-state index is 10.9. The van der Waals surface area contributed by atoms with Crippen molar-refractivity contribution in [2.24, 2.45) is 0 Å². The predicted molar refractivity (Wildman–Crippen MR) is 56.4 cm³/mol. The van der Waals surface area contributed by atoms with Gasteiger partial charge in [-0.15, -0.1) is 0 Å². The molecule has 1 rings (SSSR count). The van der Waals surface area contributed by atoms with Crippen LogP contribution in [-0.2, 0) is 9.53 Å². The molecule has 0 atom stereocenters. The highest BCUT2D eigenvalue weighted by atomic mass is 16.5. The van der Waals surface area contributed by atoms with Crippen LogP contribution in [0.25, 0.3) is 6.08 Å². The van der Waals surface area contributed by atoms with Gasteiger partial charge in [0.05, 0.1) is 6.26 Å². The van der Waals surface area contributed by atoms with Crippen LogP contribution in [-0.4, -0.2) is 5.97 Å². The second kappa shape index (κ2) is 5.75. The molecule has 0 heterocycles.